The second-order valence-corrected chi connectivity index (χ2v) is 3.97. The van der Waals surface area contributed by atoms with Gasteiger partial charge in [0.1, 0.15) is 0 Å². The summed E-state index contributed by atoms with van der Waals surface area (Å²) in [5.41, 5.74) is 6.99. The summed E-state index contributed by atoms with van der Waals surface area (Å²) in [4.78, 5) is 0. The van der Waals surface area contributed by atoms with Crippen LogP contribution in [-0.2, 0) is 4.74 Å². The highest BCUT2D eigenvalue weighted by Gasteiger charge is 2.24. The lowest BCUT2D eigenvalue weighted by Crippen LogP contribution is -2.30. The van der Waals surface area contributed by atoms with Crippen molar-refractivity contribution >= 4 is 0 Å². The van der Waals surface area contributed by atoms with E-state index in [0.717, 1.165) is 32.4 Å². The predicted octanol–water partition coefficient (Wildman–Crippen LogP) is 1.85. The van der Waals surface area contributed by atoms with Crippen LogP contribution in [0.25, 0.3) is 0 Å². The third kappa shape index (κ3) is 2.95. The quantitative estimate of drug-likeness (QED) is 0.640. The highest BCUT2D eigenvalue weighted by atomic mass is 16.5. The molecule has 0 unspecified atom stereocenters. The predicted molar refractivity (Wildman–Crippen MR) is 51.0 cm³/mol. The molecule has 0 saturated carbocycles. The molecule has 1 rings (SSSR count). The molecule has 1 aliphatic heterocycles. The van der Waals surface area contributed by atoms with Crippen LogP contribution in [0.1, 0.15) is 33.1 Å². The molecule has 70 valence electrons. The maximum absolute atomic E-state index is 5.60. The monoisotopic (exact) mass is 169 g/mol. The van der Waals surface area contributed by atoms with Crippen molar-refractivity contribution in [2.24, 2.45) is 5.73 Å². The van der Waals surface area contributed by atoms with Gasteiger partial charge in [-0.3, -0.25) is 0 Å². The number of hydrogen-bond acceptors (Lipinski definition) is 2. The highest BCUT2D eigenvalue weighted by Crippen LogP contribution is 2.27. The van der Waals surface area contributed by atoms with Gasteiger partial charge in [0.05, 0.1) is 12.2 Å². The fraction of sp³-hybridized carbons (Fsp3) is 0.800. The topological polar surface area (TPSA) is 35.2 Å². The van der Waals surface area contributed by atoms with E-state index in [2.05, 4.69) is 19.9 Å². The summed E-state index contributed by atoms with van der Waals surface area (Å²) in [7, 11) is 0. The van der Waals surface area contributed by atoms with Gasteiger partial charge >= 0.3 is 0 Å². The molecule has 0 aromatic heterocycles. The molecule has 0 amide bonds. The van der Waals surface area contributed by atoms with Crippen molar-refractivity contribution in [1.82, 2.24) is 0 Å². The van der Waals surface area contributed by atoms with Gasteiger partial charge in [-0.15, -0.1) is 0 Å². The van der Waals surface area contributed by atoms with Crippen molar-refractivity contribution in [2.75, 3.05) is 13.2 Å². The minimum atomic E-state index is 0.0404. The van der Waals surface area contributed by atoms with E-state index in [1.807, 2.05) is 0 Å². The lowest BCUT2D eigenvalue weighted by atomic mass is 9.93. The van der Waals surface area contributed by atoms with E-state index in [1.54, 1.807) is 0 Å². The lowest BCUT2D eigenvalue weighted by Gasteiger charge is -2.31. The van der Waals surface area contributed by atoms with Gasteiger partial charge in [0.25, 0.3) is 0 Å². The molecule has 2 heteroatoms. The van der Waals surface area contributed by atoms with E-state index < -0.39 is 0 Å². The molecular formula is C10H19NO. The van der Waals surface area contributed by atoms with Gasteiger partial charge in [-0.2, -0.15) is 0 Å². The standard InChI is InChI=1S/C10H19NO/c1-10(2)8-9(4-3-6-11)5-7-12-10/h4H,3,5-8,11H2,1-2H3/b9-4-. The van der Waals surface area contributed by atoms with Crippen LogP contribution in [0.5, 0.6) is 0 Å². The third-order valence-corrected chi connectivity index (χ3v) is 2.17. The van der Waals surface area contributed by atoms with Crippen LogP contribution in [0.15, 0.2) is 11.6 Å². The Hall–Kier alpha value is -0.340. The Morgan fingerprint density at radius 2 is 2.33 bits per heavy atom. The fourth-order valence-corrected chi connectivity index (χ4v) is 1.61. The molecule has 0 aliphatic carbocycles. The third-order valence-electron chi connectivity index (χ3n) is 2.17. The first-order valence-corrected chi connectivity index (χ1v) is 4.66. The molecule has 2 N–H and O–H groups in total. The Labute approximate surface area is 74.8 Å². The zero-order chi connectivity index (χ0) is 9.03. The summed E-state index contributed by atoms with van der Waals surface area (Å²) in [6.07, 6.45) is 5.42. The molecule has 1 saturated heterocycles. The van der Waals surface area contributed by atoms with Crippen molar-refractivity contribution < 1.29 is 4.74 Å². The molecular weight excluding hydrogens is 150 g/mol. The SMILES string of the molecule is CC1(C)C/C(=C\CCN)CCO1. The Balaban J connectivity index is 2.46. The van der Waals surface area contributed by atoms with Crippen molar-refractivity contribution in [3.05, 3.63) is 11.6 Å². The van der Waals surface area contributed by atoms with E-state index in [1.165, 1.54) is 5.57 Å². The van der Waals surface area contributed by atoms with E-state index in [0.29, 0.717) is 0 Å². The summed E-state index contributed by atoms with van der Waals surface area (Å²) < 4.78 is 5.60. The van der Waals surface area contributed by atoms with Crippen molar-refractivity contribution in [2.45, 2.75) is 38.7 Å². The number of nitrogens with two attached hydrogens (primary N) is 1. The van der Waals surface area contributed by atoms with Crippen molar-refractivity contribution in [3.63, 3.8) is 0 Å². The summed E-state index contributed by atoms with van der Waals surface area (Å²) in [5, 5.41) is 0. The van der Waals surface area contributed by atoms with E-state index >= 15 is 0 Å². The first-order chi connectivity index (χ1) is 5.64. The smallest absolute Gasteiger partial charge is 0.0663 e. The Kier molecular flexibility index (Phi) is 3.29. The summed E-state index contributed by atoms with van der Waals surface area (Å²) in [6, 6.07) is 0. The first kappa shape index (κ1) is 9.75. The van der Waals surface area contributed by atoms with Crippen molar-refractivity contribution in [3.8, 4) is 0 Å². The van der Waals surface area contributed by atoms with Gasteiger partial charge in [-0.25, -0.2) is 0 Å². The molecule has 0 bridgehead atoms. The molecule has 0 aromatic rings. The van der Waals surface area contributed by atoms with E-state index in [9.17, 15) is 0 Å². The van der Waals surface area contributed by atoms with E-state index in [-0.39, 0.29) is 5.60 Å². The van der Waals surface area contributed by atoms with Crippen molar-refractivity contribution in [1.29, 1.82) is 0 Å². The Morgan fingerprint density at radius 3 is 2.92 bits per heavy atom. The fourth-order valence-electron chi connectivity index (χ4n) is 1.61. The highest BCUT2D eigenvalue weighted by molar-refractivity contribution is 5.08. The summed E-state index contributed by atoms with van der Waals surface area (Å²) >= 11 is 0. The van der Waals surface area contributed by atoms with Gasteiger partial charge in [0.15, 0.2) is 0 Å². The zero-order valence-corrected chi connectivity index (χ0v) is 8.10. The average molecular weight is 169 g/mol. The molecule has 0 spiro atoms. The minimum Gasteiger partial charge on any atom is -0.375 e. The number of ether oxygens (including phenoxy) is 1. The van der Waals surface area contributed by atoms with Crippen LogP contribution < -0.4 is 5.73 Å². The second kappa shape index (κ2) is 4.06. The largest absolute Gasteiger partial charge is 0.375 e. The normalized spacial score (nSPS) is 26.1. The maximum Gasteiger partial charge on any atom is 0.0663 e. The van der Waals surface area contributed by atoms with Gasteiger partial charge in [-0.1, -0.05) is 11.6 Å². The molecule has 0 radical (unpaired) electrons. The molecule has 1 heterocycles. The van der Waals surface area contributed by atoms with Crippen LogP contribution in [-0.4, -0.2) is 18.8 Å². The molecule has 0 atom stereocenters. The molecule has 1 aliphatic rings. The van der Waals surface area contributed by atoms with Crippen LogP contribution in [0.2, 0.25) is 0 Å². The van der Waals surface area contributed by atoms with Gasteiger partial charge in [-0.05, 0) is 39.7 Å². The van der Waals surface area contributed by atoms with Gasteiger partial charge in [0.2, 0.25) is 0 Å². The zero-order valence-electron chi connectivity index (χ0n) is 8.10. The number of rotatable bonds is 2. The van der Waals surface area contributed by atoms with Crippen LogP contribution in [0, 0.1) is 0 Å². The molecule has 1 fully saturated rings. The van der Waals surface area contributed by atoms with Crippen LogP contribution in [0.4, 0.5) is 0 Å². The second-order valence-electron chi connectivity index (χ2n) is 3.97. The first-order valence-electron chi connectivity index (χ1n) is 4.66. The molecule has 12 heavy (non-hydrogen) atoms. The van der Waals surface area contributed by atoms with Crippen LogP contribution in [0.3, 0.4) is 0 Å². The van der Waals surface area contributed by atoms with E-state index in [4.69, 9.17) is 10.5 Å². The lowest BCUT2D eigenvalue weighted by molar-refractivity contribution is -0.0333. The number of hydrogen-bond donors (Lipinski definition) is 1. The Bertz CT molecular complexity index is 173. The average Bonchev–Trinajstić information content (AvgIpc) is 1.99. The van der Waals surface area contributed by atoms with Gasteiger partial charge < -0.3 is 10.5 Å². The van der Waals surface area contributed by atoms with Gasteiger partial charge in [0, 0.05) is 0 Å². The summed E-state index contributed by atoms with van der Waals surface area (Å²) in [6.45, 7) is 5.90. The molecule has 2 nitrogen and oxygen atoms in total. The maximum atomic E-state index is 5.60. The Morgan fingerprint density at radius 1 is 1.58 bits per heavy atom. The van der Waals surface area contributed by atoms with Crippen LogP contribution >= 0.6 is 0 Å². The summed E-state index contributed by atoms with van der Waals surface area (Å²) in [5.74, 6) is 0. The molecule has 0 aromatic carbocycles. The minimum absolute atomic E-state index is 0.0404.